The molecule has 1 aliphatic heterocycles. The van der Waals surface area contributed by atoms with E-state index < -0.39 is 0 Å². The molecule has 1 saturated heterocycles. The van der Waals surface area contributed by atoms with E-state index in [1.54, 1.807) is 6.07 Å². The van der Waals surface area contributed by atoms with E-state index in [-0.39, 0.29) is 5.82 Å². The van der Waals surface area contributed by atoms with Gasteiger partial charge in [0.05, 0.1) is 7.11 Å². The molecule has 100 valence electrons. The Morgan fingerprint density at radius 3 is 3.00 bits per heavy atom. The highest BCUT2D eigenvalue weighted by Gasteiger charge is 2.11. The summed E-state index contributed by atoms with van der Waals surface area (Å²) in [6.45, 7) is 2.75. The zero-order valence-electron chi connectivity index (χ0n) is 10.8. The summed E-state index contributed by atoms with van der Waals surface area (Å²) in [5.74, 6) is 0.000267. The van der Waals surface area contributed by atoms with Crippen LogP contribution in [0.5, 0.6) is 5.75 Å². The van der Waals surface area contributed by atoms with Crippen molar-refractivity contribution in [1.29, 1.82) is 0 Å². The lowest BCUT2D eigenvalue weighted by molar-refractivity contribution is 0.381. The molecule has 2 N–H and O–H groups in total. The van der Waals surface area contributed by atoms with Crippen LogP contribution in [0.15, 0.2) is 18.2 Å². The van der Waals surface area contributed by atoms with Crippen LogP contribution in [0.1, 0.15) is 24.8 Å². The van der Waals surface area contributed by atoms with Gasteiger partial charge in [-0.1, -0.05) is 12.5 Å². The van der Waals surface area contributed by atoms with Crippen molar-refractivity contribution in [1.82, 2.24) is 10.6 Å². The molecular weight excluding hydrogens is 231 g/mol. The molecule has 0 aliphatic carbocycles. The summed E-state index contributed by atoms with van der Waals surface area (Å²) in [5, 5.41) is 6.84. The fraction of sp³-hybridized carbons (Fsp3) is 0.571. The summed E-state index contributed by atoms with van der Waals surface area (Å²) in [6.07, 6.45) is 3.81. The van der Waals surface area contributed by atoms with Crippen LogP contribution in [0.2, 0.25) is 0 Å². The second-order valence-corrected chi connectivity index (χ2v) is 4.75. The van der Waals surface area contributed by atoms with E-state index in [9.17, 15) is 4.39 Å². The largest absolute Gasteiger partial charge is 0.494 e. The first-order valence-electron chi connectivity index (χ1n) is 6.56. The molecule has 2 rings (SSSR count). The van der Waals surface area contributed by atoms with E-state index in [4.69, 9.17) is 4.74 Å². The van der Waals surface area contributed by atoms with Gasteiger partial charge >= 0.3 is 0 Å². The minimum atomic E-state index is -0.299. The Kier molecular flexibility index (Phi) is 4.96. The van der Waals surface area contributed by atoms with Crippen molar-refractivity contribution < 1.29 is 9.13 Å². The lowest BCUT2D eigenvalue weighted by Gasteiger charge is -2.23. The predicted molar refractivity (Wildman–Crippen MR) is 70.3 cm³/mol. The third-order valence-electron chi connectivity index (χ3n) is 3.35. The van der Waals surface area contributed by atoms with Gasteiger partial charge in [-0.15, -0.1) is 0 Å². The van der Waals surface area contributed by atoms with Gasteiger partial charge in [-0.25, -0.2) is 4.39 Å². The fourth-order valence-corrected chi connectivity index (χ4v) is 2.31. The second-order valence-electron chi connectivity index (χ2n) is 4.75. The number of hydrogen-bond acceptors (Lipinski definition) is 3. The van der Waals surface area contributed by atoms with Crippen molar-refractivity contribution in [2.75, 3.05) is 20.2 Å². The topological polar surface area (TPSA) is 33.3 Å². The summed E-state index contributed by atoms with van der Waals surface area (Å²) in [4.78, 5) is 0. The molecular formula is C14H21FN2O. The zero-order valence-corrected chi connectivity index (χ0v) is 10.8. The molecule has 1 aromatic carbocycles. The van der Waals surface area contributed by atoms with E-state index in [2.05, 4.69) is 10.6 Å². The van der Waals surface area contributed by atoms with Crippen LogP contribution in [0.3, 0.4) is 0 Å². The van der Waals surface area contributed by atoms with E-state index >= 15 is 0 Å². The van der Waals surface area contributed by atoms with Crippen LogP contribution < -0.4 is 15.4 Å². The Hall–Kier alpha value is -1.13. The standard InChI is InChI=1S/C14H21FN2O/c1-18-14-6-5-11(8-13(14)15)9-16-10-12-4-2-3-7-17-12/h5-6,8,12,16-17H,2-4,7,9-10H2,1H3. The summed E-state index contributed by atoms with van der Waals surface area (Å²) < 4.78 is 18.4. The quantitative estimate of drug-likeness (QED) is 0.841. The van der Waals surface area contributed by atoms with Crippen molar-refractivity contribution in [2.45, 2.75) is 31.8 Å². The Labute approximate surface area is 108 Å². The van der Waals surface area contributed by atoms with Gasteiger partial charge in [0, 0.05) is 19.1 Å². The fourth-order valence-electron chi connectivity index (χ4n) is 2.31. The zero-order chi connectivity index (χ0) is 12.8. The number of methoxy groups -OCH3 is 1. The first kappa shape index (κ1) is 13.3. The predicted octanol–water partition coefficient (Wildman–Crippen LogP) is 2.07. The Morgan fingerprint density at radius 1 is 1.44 bits per heavy atom. The molecule has 0 spiro atoms. The molecule has 1 aliphatic rings. The minimum Gasteiger partial charge on any atom is -0.494 e. The van der Waals surface area contributed by atoms with Gasteiger partial charge in [0.25, 0.3) is 0 Å². The van der Waals surface area contributed by atoms with Crippen LogP contribution in [0, 0.1) is 5.82 Å². The summed E-state index contributed by atoms with van der Waals surface area (Å²) in [6, 6.07) is 5.65. The number of rotatable bonds is 5. The van der Waals surface area contributed by atoms with Gasteiger partial charge in [0.15, 0.2) is 11.6 Å². The summed E-state index contributed by atoms with van der Waals surface area (Å²) in [7, 11) is 1.48. The number of nitrogens with one attached hydrogen (secondary N) is 2. The van der Waals surface area contributed by atoms with Gasteiger partial charge in [-0.3, -0.25) is 0 Å². The molecule has 0 saturated carbocycles. The maximum Gasteiger partial charge on any atom is 0.165 e. The van der Waals surface area contributed by atoms with Gasteiger partial charge < -0.3 is 15.4 Å². The molecule has 1 fully saturated rings. The Morgan fingerprint density at radius 2 is 2.33 bits per heavy atom. The van der Waals surface area contributed by atoms with Crippen LogP contribution in [0.4, 0.5) is 4.39 Å². The van der Waals surface area contributed by atoms with E-state index in [1.807, 2.05) is 6.07 Å². The lowest BCUT2D eigenvalue weighted by Crippen LogP contribution is -2.41. The van der Waals surface area contributed by atoms with Crippen molar-refractivity contribution in [3.8, 4) is 5.75 Å². The van der Waals surface area contributed by atoms with E-state index in [0.717, 1.165) is 18.7 Å². The first-order chi connectivity index (χ1) is 8.79. The smallest absolute Gasteiger partial charge is 0.165 e. The highest BCUT2D eigenvalue weighted by atomic mass is 19.1. The molecule has 0 aromatic heterocycles. The van der Waals surface area contributed by atoms with Crippen LogP contribution >= 0.6 is 0 Å². The SMILES string of the molecule is COc1ccc(CNCC2CCCCN2)cc1F. The van der Waals surface area contributed by atoms with Gasteiger partial charge in [-0.05, 0) is 37.1 Å². The number of halogens is 1. The molecule has 18 heavy (non-hydrogen) atoms. The molecule has 1 heterocycles. The van der Waals surface area contributed by atoms with Crippen molar-refractivity contribution in [3.05, 3.63) is 29.6 Å². The van der Waals surface area contributed by atoms with Crippen molar-refractivity contribution >= 4 is 0 Å². The highest BCUT2D eigenvalue weighted by molar-refractivity contribution is 5.29. The van der Waals surface area contributed by atoms with Gasteiger partial charge in [0.1, 0.15) is 0 Å². The average Bonchev–Trinajstić information content (AvgIpc) is 2.40. The maximum absolute atomic E-state index is 13.5. The third-order valence-corrected chi connectivity index (χ3v) is 3.35. The number of hydrogen-bond donors (Lipinski definition) is 2. The van der Waals surface area contributed by atoms with Crippen molar-refractivity contribution in [2.24, 2.45) is 0 Å². The normalized spacial score (nSPS) is 19.8. The van der Waals surface area contributed by atoms with Crippen LogP contribution in [-0.2, 0) is 6.54 Å². The monoisotopic (exact) mass is 252 g/mol. The number of ether oxygens (including phenoxy) is 1. The molecule has 1 unspecified atom stereocenters. The van der Waals surface area contributed by atoms with Gasteiger partial charge in [-0.2, -0.15) is 0 Å². The maximum atomic E-state index is 13.5. The Bertz CT molecular complexity index is 378. The van der Waals surface area contributed by atoms with Crippen LogP contribution in [0.25, 0.3) is 0 Å². The molecule has 4 heteroatoms. The average molecular weight is 252 g/mol. The second kappa shape index (κ2) is 6.71. The van der Waals surface area contributed by atoms with Crippen LogP contribution in [-0.4, -0.2) is 26.2 Å². The van der Waals surface area contributed by atoms with Crippen molar-refractivity contribution in [3.63, 3.8) is 0 Å². The number of benzene rings is 1. The minimum absolute atomic E-state index is 0.299. The molecule has 3 nitrogen and oxygen atoms in total. The van der Waals surface area contributed by atoms with Gasteiger partial charge in [0.2, 0.25) is 0 Å². The third kappa shape index (κ3) is 3.68. The van der Waals surface area contributed by atoms with E-state index in [0.29, 0.717) is 18.3 Å². The molecule has 0 amide bonds. The Balaban J connectivity index is 1.77. The summed E-state index contributed by atoms with van der Waals surface area (Å²) in [5.41, 5.74) is 0.948. The first-order valence-corrected chi connectivity index (χ1v) is 6.56. The molecule has 1 atom stereocenters. The molecule has 0 bridgehead atoms. The molecule has 1 aromatic rings. The lowest BCUT2D eigenvalue weighted by atomic mass is 10.1. The molecule has 0 radical (unpaired) electrons. The number of piperidine rings is 1. The van der Waals surface area contributed by atoms with E-state index in [1.165, 1.54) is 32.4 Å². The summed E-state index contributed by atoms with van der Waals surface area (Å²) >= 11 is 0. The highest BCUT2D eigenvalue weighted by Crippen LogP contribution is 2.17.